The summed E-state index contributed by atoms with van der Waals surface area (Å²) in [5.74, 6) is -1.75. The van der Waals surface area contributed by atoms with Crippen molar-refractivity contribution in [3.8, 4) is 0 Å². The second kappa shape index (κ2) is 7.07. The van der Waals surface area contributed by atoms with Gasteiger partial charge in [0.05, 0.1) is 0 Å². The van der Waals surface area contributed by atoms with Gasteiger partial charge in [-0.25, -0.2) is 13.2 Å². The van der Waals surface area contributed by atoms with Gasteiger partial charge in [0.25, 0.3) is 0 Å². The molecule has 5 heteroatoms. The summed E-state index contributed by atoms with van der Waals surface area (Å²) in [5, 5.41) is 0. The predicted octanol–water partition coefficient (Wildman–Crippen LogP) is 4.23. The fourth-order valence-corrected chi connectivity index (χ4v) is 2.73. The van der Waals surface area contributed by atoms with Crippen LogP contribution in [0.3, 0.4) is 0 Å². The van der Waals surface area contributed by atoms with Gasteiger partial charge in [-0.2, -0.15) is 0 Å². The number of carbonyl (C=O) groups excluding carboxylic acids is 1. The van der Waals surface area contributed by atoms with Crippen LogP contribution in [0.5, 0.6) is 0 Å². The molecule has 1 aliphatic rings. The van der Waals surface area contributed by atoms with Crippen molar-refractivity contribution in [2.24, 2.45) is 0 Å². The van der Waals surface area contributed by atoms with Gasteiger partial charge in [-0.3, -0.25) is 4.79 Å². The van der Waals surface area contributed by atoms with Crippen LogP contribution in [-0.2, 0) is 17.8 Å². The molecule has 2 aromatic carbocycles. The highest BCUT2D eigenvalue weighted by Crippen LogP contribution is 2.30. The first kappa shape index (κ1) is 16.6. The quantitative estimate of drug-likeness (QED) is 0.775. The fraction of sp³-hybridized carbons (Fsp3) is 0.316. The Morgan fingerprint density at radius 2 is 1.75 bits per heavy atom. The number of rotatable bonds is 6. The van der Waals surface area contributed by atoms with E-state index >= 15 is 0 Å². The normalized spacial score (nSPS) is 13.8. The monoisotopic (exact) mass is 333 g/mol. The second-order valence-corrected chi connectivity index (χ2v) is 6.08. The maximum absolute atomic E-state index is 13.8. The molecule has 0 saturated heterocycles. The number of halogens is 3. The number of amides is 1. The average molecular weight is 333 g/mol. The van der Waals surface area contributed by atoms with Gasteiger partial charge in [-0.15, -0.1) is 0 Å². The summed E-state index contributed by atoms with van der Waals surface area (Å²) in [6.07, 6.45) is 2.24. The molecule has 1 amide bonds. The molecule has 1 aliphatic carbocycles. The second-order valence-electron chi connectivity index (χ2n) is 6.08. The summed E-state index contributed by atoms with van der Waals surface area (Å²) >= 11 is 0. The maximum atomic E-state index is 13.8. The van der Waals surface area contributed by atoms with E-state index in [1.165, 1.54) is 18.2 Å². The van der Waals surface area contributed by atoms with Gasteiger partial charge >= 0.3 is 0 Å². The lowest BCUT2D eigenvalue weighted by Crippen LogP contribution is -2.33. The van der Waals surface area contributed by atoms with Crippen molar-refractivity contribution in [1.29, 1.82) is 0 Å². The third-order valence-corrected chi connectivity index (χ3v) is 4.23. The van der Waals surface area contributed by atoms with Crippen molar-refractivity contribution in [2.75, 3.05) is 0 Å². The van der Waals surface area contributed by atoms with E-state index in [1.807, 2.05) is 0 Å². The van der Waals surface area contributed by atoms with Crippen molar-refractivity contribution in [3.63, 3.8) is 0 Å². The summed E-state index contributed by atoms with van der Waals surface area (Å²) in [4.78, 5) is 14.1. The first-order chi connectivity index (χ1) is 11.5. The highest BCUT2D eigenvalue weighted by Gasteiger charge is 2.32. The van der Waals surface area contributed by atoms with Crippen LogP contribution in [-0.4, -0.2) is 16.8 Å². The lowest BCUT2D eigenvalue weighted by atomic mass is 10.1. The van der Waals surface area contributed by atoms with Gasteiger partial charge in [-0.1, -0.05) is 24.3 Å². The Balaban J connectivity index is 1.67. The molecule has 0 heterocycles. The van der Waals surface area contributed by atoms with E-state index in [1.54, 1.807) is 23.1 Å². The van der Waals surface area contributed by atoms with E-state index in [4.69, 9.17) is 0 Å². The number of aryl methyl sites for hydroxylation is 1. The summed E-state index contributed by atoms with van der Waals surface area (Å²) in [6, 6.07) is 9.84. The Labute approximate surface area is 138 Å². The van der Waals surface area contributed by atoms with E-state index in [0.29, 0.717) is 17.5 Å². The van der Waals surface area contributed by atoms with Gasteiger partial charge in [0.2, 0.25) is 5.91 Å². The Bertz CT molecular complexity index is 743. The molecule has 1 saturated carbocycles. The molecule has 0 bridgehead atoms. The summed E-state index contributed by atoms with van der Waals surface area (Å²) < 4.78 is 40.5. The Kier molecular flexibility index (Phi) is 4.88. The van der Waals surface area contributed by atoms with E-state index in [-0.39, 0.29) is 30.7 Å². The van der Waals surface area contributed by atoms with Gasteiger partial charge in [0, 0.05) is 30.6 Å². The SMILES string of the molecule is O=C(CCc1ccccc1F)N(Cc1ccc(F)cc1F)C1CC1. The summed E-state index contributed by atoms with van der Waals surface area (Å²) in [7, 11) is 0. The van der Waals surface area contributed by atoms with Gasteiger partial charge in [0.15, 0.2) is 0 Å². The Hall–Kier alpha value is -2.30. The smallest absolute Gasteiger partial charge is 0.223 e. The molecule has 0 unspecified atom stereocenters. The molecule has 0 aliphatic heterocycles. The first-order valence-electron chi connectivity index (χ1n) is 8.01. The summed E-state index contributed by atoms with van der Waals surface area (Å²) in [5.41, 5.74) is 0.789. The van der Waals surface area contributed by atoms with Gasteiger partial charge < -0.3 is 4.90 Å². The van der Waals surface area contributed by atoms with Crippen molar-refractivity contribution >= 4 is 5.91 Å². The van der Waals surface area contributed by atoms with Crippen LogP contribution in [0.1, 0.15) is 30.4 Å². The van der Waals surface area contributed by atoms with E-state index < -0.39 is 11.6 Å². The van der Waals surface area contributed by atoms with Crippen LogP contribution in [0.15, 0.2) is 42.5 Å². The maximum Gasteiger partial charge on any atom is 0.223 e. The Morgan fingerprint density at radius 1 is 1.00 bits per heavy atom. The zero-order valence-corrected chi connectivity index (χ0v) is 13.1. The van der Waals surface area contributed by atoms with Crippen molar-refractivity contribution in [2.45, 2.75) is 38.3 Å². The zero-order chi connectivity index (χ0) is 17.1. The zero-order valence-electron chi connectivity index (χ0n) is 13.1. The topological polar surface area (TPSA) is 20.3 Å². The standard InChI is InChI=1S/C19H18F3NO/c20-15-7-5-14(18(22)11-15)12-23(16-8-9-16)19(24)10-6-13-3-1-2-4-17(13)21/h1-5,7,11,16H,6,8-10,12H2. The molecule has 0 atom stereocenters. The molecular formula is C19H18F3NO. The summed E-state index contributed by atoms with van der Waals surface area (Å²) in [6.45, 7) is 0.118. The van der Waals surface area contributed by atoms with Gasteiger partial charge in [0.1, 0.15) is 17.5 Å². The third kappa shape index (κ3) is 3.96. The van der Waals surface area contributed by atoms with Crippen LogP contribution < -0.4 is 0 Å². The first-order valence-corrected chi connectivity index (χ1v) is 8.01. The predicted molar refractivity (Wildman–Crippen MR) is 84.7 cm³/mol. The fourth-order valence-electron chi connectivity index (χ4n) is 2.73. The largest absolute Gasteiger partial charge is 0.335 e. The molecule has 126 valence electrons. The molecule has 3 rings (SSSR count). The number of hydrogen-bond acceptors (Lipinski definition) is 1. The molecule has 2 nitrogen and oxygen atoms in total. The highest BCUT2D eigenvalue weighted by molar-refractivity contribution is 5.77. The number of hydrogen-bond donors (Lipinski definition) is 0. The Morgan fingerprint density at radius 3 is 2.42 bits per heavy atom. The van der Waals surface area contributed by atoms with Crippen LogP contribution in [0.25, 0.3) is 0 Å². The molecule has 2 aromatic rings. The molecule has 0 aromatic heterocycles. The minimum Gasteiger partial charge on any atom is -0.335 e. The minimum absolute atomic E-state index is 0.0996. The van der Waals surface area contributed by atoms with Crippen LogP contribution in [0.4, 0.5) is 13.2 Å². The number of carbonyl (C=O) groups is 1. The van der Waals surface area contributed by atoms with Gasteiger partial charge in [-0.05, 0) is 37.0 Å². The lowest BCUT2D eigenvalue weighted by molar-refractivity contribution is -0.132. The molecule has 0 N–H and O–H groups in total. The van der Waals surface area contributed by atoms with Crippen LogP contribution in [0, 0.1) is 17.5 Å². The highest BCUT2D eigenvalue weighted by atomic mass is 19.1. The molecule has 0 spiro atoms. The van der Waals surface area contributed by atoms with E-state index in [9.17, 15) is 18.0 Å². The average Bonchev–Trinajstić information content (AvgIpc) is 3.38. The van der Waals surface area contributed by atoms with Crippen LogP contribution >= 0.6 is 0 Å². The third-order valence-electron chi connectivity index (χ3n) is 4.23. The van der Waals surface area contributed by atoms with Crippen molar-refractivity contribution < 1.29 is 18.0 Å². The van der Waals surface area contributed by atoms with E-state index in [2.05, 4.69) is 0 Å². The molecule has 24 heavy (non-hydrogen) atoms. The lowest BCUT2D eigenvalue weighted by Gasteiger charge is -2.23. The van der Waals surface area contributed by atoms with Crippen molar-refractivity contribution in [1.82, 2.24) is 4.90 Å². The molecular weight excluding hydrogens is 315 g/mol. The van der Waals surface area contributed by atoms with Crippen LogP contribution in [0.2, 0.25) is 0 Å². The number of nitrogens with zero attached hydrogens (tertiary/aromatic N) is 1. The van der Waals surface area contributed by atoms with Crippen molar-refractivity contribution in [3.05, 3.63) is 71.0 Å². The molecule has 0 radical (unpaired) electrons. The minimum atomic E-state index is -0.650. The molecule has 1 fully saturated rings. The van der Waals surface area contributed by atoms with E-state index in [0.717, 1.165) is 18.9 Å². The number of benzene rings is 2.